The zero-order valence-corrected chi connectivity index (χ0v) is 9.34. The summed E-state index contributed by atoms with van der Waals surface area (Å²) in [6.07, 6.45) is 5.25. The molecule has 4 heteroatoms. The molecule has 0 aliphatic rings. The number of unbranched alkanes of at least 4 members (excludes halogenated alkanes) is 2. The van der Waals surface area contributed by atoms with Crippen LogP contribution < -0.4 is 24.8 Å². The molecule has 0 aliphatic carbocycles. The summed E-state index contributed by atoms with van der Waals surface area (Å²) in [6.45, 7) is 7.25. The fourth-order valence-corrected chi connectivity index (χ4v) is 0.289. The number of allylic oxidation sites excluding steroid dienone is 1. The molecule has 0 aromatic rings. The van der Waals surface area contributed by atoms with Gasteiger partial charge in [0.25, 0.3) is 0 Å². The molecule has 0 saturated carbocycles. The first-order valence-electron chi connectivity index (χ1n) is 2.32. The molecule has 0 rings (SSSR count). The van der Waals surface area contributed by atoms with Crippen LogP contribution in [0.4, 0.5) is 0 Å². The van der Waals surface area contributed by atoms with Crippen LogP contribution in [-0.4, -0.2) is 11.0 Å². The van der Waals surface area contributed by atoms with Crippen LogP contribution >= 0.6 is 0 Å². The fraction of sp³-hybridized carbons (Fsp3) is 0.500. The molecule has 0 fully saturated rings. The van der Waals surface area contributed by atoms with Gasteiger partial charge in [0.2, 0.25) is 0 Å². The van der Waals surface area contributed by atoms with E-state index >= 15 is 0 Å². The molecular weight excluding hydrogens is 262 g/mol. The van der Waals surface area contributed by atoms with Gasteiger partial charge in [0.15, 0.2) is 0 Å². The summed E-state index contributed by atoms with van der Waals surface area (Å²) in [5.74, 6) is 0. The Morgan fingerprint density at radius 3 is 1.80 bits per heavy atom. The molecular formula is C6H15Cl2SiZr. The quantitative estimate of drug-likeness (QED) is 0.209. The topological polar surface area (TPSA) is 0 Å². The molecule has 0 nitrogen and oxygen atoms in total. The molecule has 0 spiro atoms. The molecule has 0 bridgehead atoms. The van der Waals surface area contributed by atoms with Crippen molar-refractivity contribution in [3.8, 4) is 0 Å². The number of halogens is 2. The Bertz CT molecular complexity index is 44.7. The van der Waals surface area contributed by atoms with Gasteiger partial charge in [0.1, 0.15) is 0 Å². The van der Waals surface area contributed by atoms with E-state index in [-0.39, 0.29) is 62.0 Å². The van der Waals surface area contributed by atoms with Gasteiger partial charge in [-0.25, -0.2) is 0 Å². The minimum Gasteiger partial charge on any atom is -1.00 e. The number of hydrogen-bond donors (Lipinski definition) is 0. The van der Waals surface area contributed by atoms with E-state index in [4.69, 9.17) is 0 Å². The first-order valence-corrected chi connectivity index (χ1v) is 2.32. The zero-order chi connectivity index (χ0) is 4.83. The van der Waals surface area contributed by atoms with Gasteiger partial charge in [-0.3, -0.25) is 0 Å². The van der Waals surface area contributed by atoms with E-state index < -0.39 is 0 Å². The monoisotopic (exact) mass is 275 g/mol. The molecule has 0 amide bonds. The summed E-state index contributed by atoms with van der Waals surface area (Å²) < 4.78 is 0. The summed E-state index contributed by atoms with van der Waals surface area (Å²) in [5, 5.41) is 0. The molecule has 0 heterocycles. The van der Waals surface area contributed by atoms with Gasteiger partial charge < -0.3 is 31.7 Å². The van der Waals surface area contributed by atoms with Gasteiger partial charge >= 0.3 is 26.2 Å². The smallest absolute Gasteiger partial charge is 1.00 e. The number of hydrogen-bond acceptors (Lipinski definition) is 0. The zero-order valence-electron chi connectivity index (χ0n) is 5.37. The largest absolute Gasteiger partial charge is 3.00 e. The third-order valence-electron chi connectivity index (χ3n) is 0.658. The van der Waals surface area contributed by atoms with Crippen molar-refractivity contribution in [2.24, 2.45) is 0 Å². The van der Waals surface area contributed by atoms with Crippen LogP contribution in [0.15, 0.2) is 12.7 Å². The van der Waals surface area contributed by atoms with Crippen molar-refractivity contribution in [1.82, 2.24) is 0 Å². The second-order valence-electron chi connectivity index (χ2n) is 1.28. The predicted molar refractivity (Wildman–Crippen MR) is 40.7 cm³/mol. The van der Waals surface area contributed by atoms with Crippen LogP contribution in [0.2, 0.25) is 0 Å². The Kier molecular flexibility index (Phi) is 94.7. The van der Waals surface area contributed by atoms with Crippen molar-refractivity contribution in [2.45, 2.75) is 19.3 Å². The first-order chi connectivity index (χ1) is 2.91. The van der Waals surface area contributed by atoms with Crippen LogP contribution in [0.5, 0.6) is 0 Å². The van der Waals surface area contributed by atoms with E-state index in [1.807, 2.05) is 6.08 Å². The van der Waals surface area contributed by atoms with Crippen LogP contribution in [0.3, 0.4) is 0 Å². The SMILES string of the molecule is C=CCCC[CH2-].[Cl-].[Cl-].[SiH4].[Zr+3]. The summed E-state index contributed by atoms with van der Waals surface area (Å²) in [4.78, 5) is 0. The van der Waals surface area contributed by atoms with Crippen molar-refractivity contribution >= 4 is 11.0 Å². The van der Waals surface area contributed by atoms with Crippen molar-refractivity contribution in [2.75, 3.05) is 0 Å². The van der Waals surface area contributed by atoms with Gasteiger partial charge in [-0.1, -0.05) is 12.5 Å². The van der Waals surface area contributed by atoms with E-state index in [1.54, 1.807) is 0 Å². The summed E-state index contributed by atoms with van der Waals surface area (Å²) >= 11 is 0. The molecule has 0 saturated heterocycles. The minimum atomic E-state index is 0. The standard InChI is InChI=1S/C6H11.2ClH.H4Si.Zr/c1-3-5-6-4-2;;;;/h3H,1-2,4-6H2;2*1H;1H4;/q-1;;;;+3/p-2. The van der Waals surface area contributed by atoms with Crippen LogP contribution in [0, 0.1) is 6.92 Å². The Balaban J connectivity index is -0.0000000208. The molecule has 10 heavy (non-hydrogen) atoms. The predicted octanol–water partition coefficient (Wildman–Crippen LogP) is -5.27. The van der Waals surface area contributed by atoms with E-state index in [2.05, 4.69) is 13.5 Å². The molecule has 0 aliphatic heterocycles. The second kappa shape index (κ2) is 31.5. The average Bonchev–Trinajstić information content (AvgIpc) is 1.61. The third-order valence-corrected chi connectivity index (χ3v) is 0.658. The first kappa shape index (κ1) is 30.1. The fourth-order valence-electron chi connectivity index (χ4n) is 0.289. The summed E-state index contributed by atoms with van der Waals surface area (Å²) in [5.41, 5.74) is 0. The van der Waals surface area contributed by atoms with Crippen LogP contribution in [-0.2, 0) is 26.2 Å². The second-order valence-corrected chi connectivity index (χ2v) is 1.28. The Morgan fingerprint density at radius 1 is 1.30 bits per heavy atom. The van der Waals surface area contributed by atoms with Crippen molar-refractivity contribution in [3.63, 3.8) is 0 Å². The van der Waals surface area contributed by atoms with E-state index in [1.165, 1.54) is 6.42 Å². The third kappa shape index (κ3) is 34.2. The molecule has 61 valence electrons. The molecule has 0 N–H and O–H groups in total. The van der Waals surface area contributed by atoms with Gasteiger partial charge in [-0.05, 0) is 17.4 Å². The van der Waals surface area contributed by atoms with E-state index in [9.17, 15) is 0 Å². The van der Waals surface area contributed by atoms with Crippen molar-refractivity contribution in [1.29, 1.82) is 0 Å². The summed E-state index contributed by atoms with van der Waals surface area (Å²) in [7, 11) is 0. The van der Waals surface area contributed by atoms with Gasteiger partial charge in [0.05, 0.1) is 0 Å². The summed E-state index contributed by atoms with van der Waals surface area (Å²) in [6, 6.07) is 0. The number of rotatable bonds is 3. The Labute approximate surface area is 100 Å². The van der Waals surface area contributed by atoms with Crippen LogP contribution in [0.25, 0.3) is 0 Å². The molecule has 0 unspecified atom stereocenters. The minimum absolute atomic E-state index is 0. The Hall–Kier alpha value is 1.42. The Morgan fingerprint density at radius 2 is 1.70 bits per heavy atom. The van der Waals surface area contributed by atoms with Gasteiger partial charge in [-0.15, -0.1) is 6.58 Å². The molecule has 1 radical (unpaired) electrons. The maximum atomic E-state index is 3.68. The van der Waals surface area contributed by atoms with E-state index in [0.717, 1.165) is 12.8 Å². The van der Waals surface area contributed by atoms with Gasteiger partial charge in [0, 0.05) is 0 Å². The molecule has 0 aromatic carbocycles. The van der Waals surface area contributed by atoms with E-state index in [0.29, 0.717) is 0 Å². The molecule has 0 aromatic heterocycles. The van der Waals surface area contributed by atoms with Crippen molar-refractivity contribution in [3.05, 3.63) is 19.6 Å². The molecule has 0 atom stereocenters. The normalized spacial score (nSPS) is 4.90. The van der Waals surface area contributed by atoms with Crippen molar-refractivity contribution < 1.29 is 51.0 Å². The maximum Gasteiger partial charge on any atom is 3.00 e. The maximum absolute atomic E-state index is 3.68. The van der Waals surface area contributed by atoms with Gasteiger partial charge in [-0.2, -0.15) is 6.42 Å². The average molecular weight is 277 g/mol. The van der Waals surface area contributed by atoms with Crippen LogP contribution in [0.1, 0.15) is 19.3 Å².